The number of hydrogen-bond acceptors (Lipinski definition) is 5. The summed E-state index contributed by atoms with van der Waals surface area (Å²) in [6, 6.07) is 10.3. The van der Waals surface area contributed by atoms with Crippen LogP contribution in [0.2, 0.25) is 0 Å². The fourth-order valence-corrected chi connectivity index (χ4v) is 4.16. The van der Waals surface area contributed by atoms with Crippen LogP contribution in [0.1, 0.15) is 45.6 Å². The third-order valence-electron chi connectivity index (χ3n) is 4.85. The Morgan fingerprint density at radius 1 is 1.19 bits per heavy atom. The number of nitrogens with zero attached hydrogens (tertiary/aromatic N) is 4. The second kappa shape index (κ2) is 7.15. The van der Waals surface area contributed by atoms with Crippen molar-refractivity contribution in [3.05, 3.63) is 64.2 Å². The van der Waals surface area contributed by atoms with Crippen molar-refractivity contribution in [2.75, 3.05) is 6.54 Å². The van der Waals surface area contributed by atoms with Crippen molar-refractivity contribution in [1.29, 1.82) is 0 Å². The highest BCUT2D eigenvalue weighted by Crippen LogP contribution is 2.35. The van der Waals surface area contributed by atoms with Crippen LogP contribution in [0.25, 0.3) is 11.1 Å². The quantitative estimate of drug-likeness (QED) is 0.676. The van der Waals surface area contributed by atoms with Gasteiger partial charge in [-0.1, -0.05) is 16.6 Å². The number of likely N-dealkylation sites (tertiary alicyclic amines) is 1. The molecule has 1 aliphatic heterocycles. The maximum absolute atomic E-state index is 13.2. The minimum Gasteiger partial charge on any atom is -0.329 e. The number of amides is 1. The van der Waals surface area contributed by atoms with Crippen molar-refractivity contribution in [2.24, 2.45) is 0 Å². The second-order valence-corrected chi connectivity index (χ2v) is 7.53. The molecule has 0 saturated carbocycles. The number of carbonyl (C=O) groups excluding carboxylic acids is 1. The van der Waals surface area contributed by atoms with E-state index in [-0.39, 0.29) is 17.8 Å². The predicted octanol–water partition coefficient (Wildman–Crippen LogP) is 4.33. The zero-order valence-electron chi connectivity index (χ0n) is 15.1. The Kier molecular flexibility index (Phi) is 4.70. The van der Waals surface area contributed by atoms with Crippen LogP contribution in [-0.2, 0) is 0 Å². The van der Waals surface area contributed by atoms with Crippen LogP contribution in [0.5, 0.6) is 0 Å². The highest BCUT2D eigenvalue weighted by molar-refractivity contribution is 7.07. The van der Waals surface area contributed by atoms with Gasteiger partial charge in [0, 0.05) is 12.2 Å². The Labute approximate surface area is 161 Å². The number of halogens is 1. The van der Waals surface area contributed by atoms with Crippen molar-refractivity contribution >= 4 is 17.4 Å². The molecule has 27 heavy (non-hydrogen) atoms. The minimum atomic E-state index is -0.258. The molecule has 0 spiro atoms. The first kappa shape index (κ1) is 17.7. The van der Waals surface area contributed by atoms with E-state index in [1.807, 2.05) is 24.0 Å². The number of aryl methyl sites for hydroxylation is 2. The van der Waals surface area contributed by atoms with Gasteiger partial charge in [0.2, 0.25) is 0 Å². The van der Waals surface area contributed by atoms with E-state index in [0.29, 0.717) is 17.1 Å². The minimum absolute atomic E-state index is 0.0309. The van der Waals surface area contributed by atoms with Gasteiger partial charge in [-0.2, -0.15) is 0 Å². The van der Waals surface area contributed by atoms with Gasteiger partial charge in [-0.25, -0.2) is 4.39 Å². The fourth-order valence-electron chi connectivity index (χ4n) is 3.55. The van der Waals surface area contributed by atoms with Gasteiger partial charge in [0.05, 0.1) is 17.4 Å². The van der Waals surface area contributed by atoms with Crippen LogP contribution in [0.4, 0.5) is 4.39 Å². The SMILES string of the molecule is Cc1cc(-c2ccc(F)cc2)cc([C@H]2CCCN2C(=O)c2snnc2C)n1. The topological polar surface area (TPSA) is 59.0 Å². The van der Waals surface area contributed by atoms with E-state index in [0.717, 1.165) is 46.9 Å². The molecule has 1 amide bonds. The summed E-state index contributed by atoms with van der Waals surface area (Å²) < 4.78 is 17.1. The van der Waals surface area contributed by atoms with Crippen molar-refractivity contribution in [3.63, 3.8) is 0 Å². The van der Waals surface area contributed by atoms with Gasteiger partial charge >= 0.3 is 0 Å². The molecule has 138 valence electrons. The number of rotatable bonds is 3. The third-order valence-corrected chi connectivity index (χ3v) is 5.67. The molecule has 1 saturated heterocycles. The van der Waals surface area contributed by atoms with E-state index < -0.39 is 0 Å². The van der Waals surface area contributed by atoms with Crippen LogP contribution in [0.3, 0.4) is 0 Å². The summed E-state index contributed by atoms with van der Waals surface area (Å²) >= 11 is 1.14. The monoisotopic (exact) mass is 382 g/mol. The summed E-state index contributed by atoms with van der Waals surface area (Å²) in [5.74, 6) is -0.289. The number of aromatic nitrogens is 3. The lowest BCUT2D eigenvalue weighted by atomic mass is 10.0. The maximum atomic E-state index is 13.2. The Hall–Kier alpha value is -2.67. The molecule has 1 fully saturated rings. The van der Waals surface area contributed by atoms with E-state index in [1.165, 1.54) is 12.1 Å². The van der Waals surface area contributed by atoms with Crippen molar-refractivity contribution in [3.8, 4) is 11.1 Å². The maximum Gasteiger partial charge on any atom is 0.268 e. The molecule has 1 aromatic carbocycles. The first-order chi connectivity index (χ1) is 13.0. The third kappa shape index (κ3) is 3.47. The summed E-state index contributed by atoms with van der Waals surface area (Å²) in [7, 11) is 0. The van der Waals surface area contributed by atoms with Gasteiger partial charge in [-0.15, -0.1) is 5.10 Å². The molecule has 1 atom stereocenters. The van der Waals surface area contributed by atoms with Crippen LogP contribution < -0.4 is 0 Å². The standard InChI is InChI=1S/C20H19FN4OS/c1-12-10-15(14-5-7-16(21)8-6-14)11-17(22-12)18-4-3-9-25(18)20(26)19-13(2)23-24-27-19/h5-8,10-11,18H,3-4,9H2,1-2H3/t18-/m1/s1. The van der Waals surface area contributed by atoms with Gasteiger partial charge < -0.3 is 4.90 Å². The van der Waals surface area contributed by atoms with Crippen LogP contribution in [-0.4, -0.2) is 31.9 Å². The molecular weight excluding hydrogens is 363 g/mol. The predicted molar refractivity (Wildman–Crippen MR) is 102 cm³/mol. The molecule has 2 aromatic heterocycles. The van der Waals surface area contributed by atoms with Crippen LogP contribution >= 0.6 is 11.5 Å². The molecule has 4 rings (SSSR count). The molecule has 3 aromatic rings. The molecule has 0 radical (unpaired) electrons. The molecule has 0 aliphatic carbocycles. The number of benzene rings is 1. The van der Waals surface area contributed by atoms with Crippen molar-refractivity contribution in [2.45, 2.75) is 32.7 Å². The lowest BCUT2D eigenvalue weighted by Crippen LogP contribution is -2.31. The fraction of sp³-hybridized carbons (Fsp3) is 0.300. The molecule has 0 bridgehead atoms. The molecular formula is C20H19FN4OS. The van der Waals surface area contributed by atoms with Crippen LogP contribution in [0.15, 0.2) is 36.4 Å². The Bertz CT molecular complexity index is 986. The van der Waals surface area contributed by atoms with E-state index in [4.69, 9.17) is 4.98 Å². The zero-order valence-corrected chi connectivity index (χ0v) is 16.0. The van der Waals surface area contributed by atoms with Crippen LogP contribution in [0, 0.1) is 19.7 Å². The van der Waals surface area contributed by atoms with Gasteiger partial charge in [-0.3, -0.25) is 9.78 Å². The Balaban J connectivity index is 1.68. The summed E-state index contributed by atoms with van der Waals surface area (Å²) in [6.07, 6.45) is 1.81. The first-order valence-electron chi connectivity index (χ1n) is 8.87. The number of hydrogen-bond donors (Lipinski definition) is 0. The van der Waals surface area contributed by atoms with Gasteiger partial charge in [0.15, 0.2) is 0 Å². The van der Waals surface area contributed by atoms with Gasteiger partial charge in [0.25, 0.3) is 5.91 Å². The number of pyridine rings is 1. The highest BCUT2D eigenvalue weighted by atomic mass is 32.1. The molecule has 3 heterocycles. The van der Waals surface area contributed by atoms with Gasteiger partial charge in [0.1, 0.15) is 10.7 Å². The molecule has 5 nitrogen and oxygen atoms in total. The van der Waals surface area contributed by atoms with Crippen molar-refractivity contribution < 1.29 is 9.18 Å². The Morgan fingerprint density at radius 2 is 1.96 bits per heavy atom. The Morgan fingerprint density at radius 3 is 2.67 bits per heavy atom. The van der Waals surface area contributed by atoms with Gasteiger partial charge in [-0.05, 0) is 73.6 Å². The average Bonchev–Trinajstić information content (AvgIpc) is 3.30. The summed E-state index contributed by atoms with van der Waals surface area (Å²) in [6.45, 7) is 4.44. The lowest BCUT2D eigenvalue weighted by molar-refractivity contribution is 0.0737. The van der Waals surface area contributed by atoms with E-state index in [2.05, 4.69) is 9.59 Å². The second-order valence-electron chi connectivity index (χ2n) is 6.77. The lowest BCUT2D eigenvalue weighted by Gasteiger charge is -2.24. The normalized spacial score (nSPS) is 16.7. The highest BCUT2D eigenvalue weighted by Gasteiger charge is 2.33. The molecule has 0 N–H and O–H groups in total. The van der Waals surface area contributed by atoms with Crippen molar-refractivity contribution in [1.82, 2.24) is 19.5 Å². The summed E-state index contributed by atoms with van der Waals surface area (Å²) in [4.78, 5) is 20.1. The molecule has 7 heteroatoms. The summed E-state index contributed by atoms with van der Waals surface area (Å²) in [5, 5.41) is 3.96. The zero-order chi connectivity index (χ0) is 19.0. The summed E-state index contributed by atoms with van der Waals surface area (Å²) in [5.41, 5.74) is 4.32. The molecule has 0 unspecified atom stereocenters. The largest absolute Gasteiger partial charge is 0.329 e. The van der Waals surface area contributed by atoms with E-state index >= 15 is 0 Å². The first-order valence-corrected chi connectivity index (χ1v) is 9.65. The van der Waals surface area contributed by atoms with E-state index in [9.17, 15) is 9.18 Å². The van der Waals surface area contributed by atoms with E-state index in [1.54, 1.807) is 19.1 Å². The molecule has 1 aliphatic rings. The number of carbonyl (C=O) groups is 1. The average molecular weight is 382 g/mol. The smallest absolute Gasteiger partial charge is 0.268 e.